The molecule has 0 heteroatoms. The van der Waals surface area contributed by atoms with Gasteiger partial charge in [0.25, 0.3) is 0 Å². The van der Waals surface area contributed by atoms with Crippen molar-refractivity contribution in [2.24, 2.45) is 10.8 Å². The monoisotopic (exact) mass is 225 g/mol. The predicted molar refractivity (Wildman–Crippen MR) is 75.5 cm³/mol. The van der Waals surface area contributed by atoms with E-state index in [1.807, 2.05) is 0 Å². The lowest BCUT2D eigenvalue weighted by Crippen LogP contribution is -2.11. The summed E-state index contributed by atoms with van der Waals surface area (Å²) in [4.78, 5) is 0. The number of hydrogen-bond acceptors (Lipinski definition) is 0. The van der Waals surface area contributed by atoms with Crippen LogP contribution < -0.4 is 0 Å². The third-order valence-corrected chi connectivity index (χ3v) is 3.93. The lowest BCUT2D eigenvalue weighted by Gasteiger charge is -2.25. The van der Waals surface area contributed by atoms with Gasteiger partial charge in [-0.25, -0.2) is 0 Å². The highest BCUT2D eigenvalue weighted by Gasteiger charge is 2.17. The molecule has 16 heavy (non-hydrogen) atoms. The maximum Gasteiger partial charge on any atom is -0.0354 e. The van der Waals surface area contributed by atoms with Gasteiger partial charge in [-0.05, 0) is 49.4 Å². The van der Waals surface area contributed by atoms with Gasteiger partial charge in [0.15, 0.2) is 0 Å². The average molecular weight is 225 g/mol. The lowest BCUT2D eigenvalue weighted by molar-refractivity contribution is 0.294. The van der Waals surface area contributed by atoms with E-state index in [1.54, 1.807) is 0 Å². The van der Waals surface area contributed by atoms with E-state index in [0.717, 1.165) is 0 Å². The molecule has 0 saturated carbocycles. The smallest absolute Gasteiger partial charge is 0.0354 e. The van der Waals surface area contributed by atoms with E-state index in [-0.39, 0.29) is 0 Å². The fraction of sp³-hybridized carbons (Fsp3) is 0.938. The molecule has 0 aromatic carbocycles. The zero-order valence-corrected chi connectivity index (χ0v) is 12.5. The molecule has 97 valence electrons. The largest absolute Gasteiger partial charge is 0.0654 e. The summed E-state index contributed by atoms with van der Waals surface area (Å²) in [5, 5.41) is 0. The highest BCUT2D eigenvalue weighted by molar-refractivity contribution is 4.76. The van der Waals surface area contributed by atoms with Crippen molar-refractivity contribution in [3.8, 4) is 0 Å². The number of hydrogen-bond donors (Lipinski definition) is 0. The van der Waals surface area contributed by atoms with Crippen LogP contribution in [0.4, 0.5) is 0 Å². The molecule has 0 nitrogen and oxygen atoms in total. The Labute approximate surface area is 104 Å². The first-order valence-corrected chi connectivity index (χ1v) is 7.14. The van der Waals surface area contributed by atoms with Gasteiger partial charge in [-0.3, -0.25) is 0 Å². The molecule has 0 fully saturated rings. The van der Waals surface area contributed by atoms with Gasteiger partial charge in [-0.1, -0.05) is 54.4 Å². The topological polar surface area (TPSA) is 0 Å². The molecule has 0 rings (SSSR count). The van der Waals surface area contributed by atoms with Crippen LogP contribution in [0.1, 0.15) is 86.5 Å². The highest BCUT2D eigenvalue weighted by Crippen LogP contribution is 2.30. The SMILES string of the molecule is CCCC(C)(C)CC[CH]CCC(C)(C)CC. The minimum atomic E-state index is 0.537. The second-order valence-corrected chi connectivity index (χ2v) is 6.80. The van der Waals surface area contributed by atoms with Gasteiger partial charge in [-0.15, -0.1) is 0 Å². The second kappa shape index (κ2) is 7.35. The maximum absolute atomic E-state index is 2.51. The number of unbranched alkanes of at least 4 members (excludes halogenated alkanes) is 2. The van der Waals surface area contributed by atoms with Gasteiger partial charge in [-0.2, -0.15) is 0 Å². The third kappa shape index (κ3) is 8.19. The van der Waals surface area contributed by atoms with Crippen LogP contribution in [0.15, 0.2) is 0 Å². The van der Waals surface area contributed by atoms with Crippen LogP contribution in [0, 0.1) is 17.3 Å². The molecule has 0 amide bonds. The predicted octanol–water partition coefficient (Wildman–Crippen LogP) is 6.01. The van der Waals surface area contributed by atoms with Crippen molar-refractivity contribution < 1.29 is 0 Å². The molecule has 0 N–H and O–H groups in total. The zero-order chi connectivity index (χ0) is 12.7. The summed E-state index contributed by atoms with van der Waals surface area (Å²) in [6, 6.07) is 0. The summed E-state index contributed by atoms with van der Waals surface area (Å²) >= 11 is 0. The fourth-order valence-corrected chi connectivity index (χ4v) is 2.11. The Bertz CT molecular complexity index is 165. The molecular formula is C16H33. The Morgan fingerprint density at radius 3 is 1.69 bits per heavy atom. The van der Waals surface area contributed by atoms with E-state index in [0.29, 0.717) is 10.8 Å². The summed E-state index contributed by atoms with van der Waals surface area (Å²) in [5.41, 5.74) is 1.08. The molecule has 0 aliphatic heterocycles. The summed E-state index contributed by atoms with van der Waals surface area (Å²) < 4.78 is 0. The average Bonchev–Trinajstić information content (AvgIpc) is 2.17. The van der Waals surface area contributed by atoms with Crippen molar-refractivity contribution in [3.63, 3.8) is 0 Å². The van der Waals surface area contributed by atoms with Crippen LogP contribution >= 0.6 is 0 Å². The summed E-state index contributed by atoms with van der Waals surface area (Å²) in [7, 11) is 0. The third-order valence-electron chi connectivity index (χ3n) is 3.93. The molecule has 0 spiro atoms. The van der Waals surface area contributed by atoms with Gasteiger partial charge in [0.1, 0.15) is 0 Å². The van der Waals surface area contributed by atoms with Crippen LogP contribution in [0.2, 0.25) is 0 Å². The summed E-state index contributed by atoms with van der Waals surface area (Å²) in [5.74, 6) is 0. The zero-order valence-electron chi connectivity index (χ0n) is 12.5. The Hall–Kier alpha value is 0. The molecule has 0 aromatic rings. The maximum atomic E-state index is 2.51. The van der Waals surface area contributed by atoms with Crippen LogP contribution in [0.5, 0.6) is 0 Å². The molecule has 0 aromatic heterocycles. The first-order valence-electron chi connectivity index (χ1n) is 7.14. The number of rotatable bonds is 9. The Morgan fingerprint density at radius 1 is 0.750 bits per heavy atom. The molecule has 0 atom stereocenters. The Balaban J connectivity index is 3.54. The van der Waals surface area contributed by atoms with Crippen molar-refractivity contribution in [1.29, 1.82) is 0 Å². The second-order valence-electron chi connectivity index (χ2n) is 6.80. The van der Waals surface area contributed by atoms with Crippen molar-refractivity contribution in [3.05, 3.63) is 6.42 Å². The lowest BCUT2D eigenvalue weighted by atomic mass is 9.81. The summed E-state index contributed by atoms with van der Waals surface area (Å²) in [6.45, 7) is 14.1. The molecule has 0 heterocycles. The fourth-order valence-electron chi connectivity index (χ4n) is 2.11. The van der Waals surface area contributed by atoms with Crippen molar-refractivity contribution in [2.45, 2.75) is 86.5 Å². The molecule has 1 radical (unpaired) electrons. The Kier molecular flexibility index (Phi) is 7.35. The minimum Gasteiger partial charge on any atom is -0.0654 e. The Morgan fingerprint density at radius 2 is 1.25 bits per heavy atom. The van der Waals surface area contributed by atoms with Crippen LogP contribution in [0.3, 0.4) is 0 Å². The van der Waals surface area contributed by atoms with Crippen LogP contribution in [0.25, 0.3) is 0 Å². The van der Waals surface area contributed by atoms with Gasteiger partial charge >= 0.3 is 0 Å². The van der Waals surface area contributed by atoms with Gasteiger partial charge in [0, 0.05) is 0 Å². The van der Waals surface area contributed by atoms with Crippen LogP contribution in [-0.2, 0) is 0 Å². The normalized spacial score (nSPS) is 13.1. The molecule has 0 bridgehead atoms. The summed E-state index contributed by atoms with van der Waals surface area (Å²) in [6.07, 6.45) is 11.8. The standard InChI is InChI=1S/C16H33/c1-7-12-16(5,6)14-11-9-10-13-15(3,4)8-2/h9H,7-8,10-14H2,1-6H3. The van der Waals surface area contributed by atoms with E-state index in [9.17, 15) is 0 Å². The highest BCUT2D eigenvalue weighted by atomic mass is 14.2. The molecule has 0 unspecified atom stereocenters. The van der Waals surface area contributed by atoms with Crippen molar-refractivity contribution in [2.75, 3.05) is 0 Å². The van der Waals surface area contributed by atoms with Gasteiger partial charge in [0.2, 0.25) is 0 Å². The van der Waals surface area contributed by atoms with E-state index >= 15 is 0 Å². The van der Waals surface area contributed by atoms with E-state index in [1.165, 1.54) is 44.9 Å². The molecular weight excluding hydrogens is 192 g/mol. The quantitative estimate of drug-likeness (QED) is 0.421. The molecule has 0 aliphatic carbocycles. The van der Waals surface area contributed by atoms with Gasteiger partial charge < -0.3 is 0 Å². The van der Waals surface area contributed by atoms with Crippen LogP contribution in [-0.4, -0.2) is 0 Å². The first-order chi connectivity index (χ1) is 7.33. The molecule has 0 saturated heterocycles. The van der Waals surface area contributed by atoms with E-state index < -0.39 is 0 Å². The van der Waals surface area contributed by atoms with Crippen molar-refractivity contribution >= 4 is 0 Å². The van der Waals surface area contributed by atoms with E-state index in [2.05, 4.69) is 48.0 Å². The molecule has 0 aliphatic rings. The van der Waals surface area contributed by atoms with Crippen molar-refractivity contribution in [1.82, 2.24) is 0 Å². The minimum absolute atomic E-state index is 0.537. The van der Waals surface area contributed by atoms with Gasteiger partial charge in [0.05, 0.1) is 0 Å². The van der Waals surface area contributed by atoms with E-state index in [4.69, 9.17) is 0 Å². The first kappa shape index (κ1) is 16.0.